The van der Waals surface area contributed by atoms with Gasteiger partial charge in [-0.15, -0.1) is 0 Å². The number of piperidine rings is 1. The summed E-state index contributed by atoms with van der Waals surface area (Å²) in [6, 6.07) is 1.90. The van der Waals surface area contributed by atoms with Crippen LogP contribution < -0.4 is 5.32 Å². The van der Waals surface area contributed by atoms with Crippen LogP contribution >= 0.6 is 0 Å². The van der Waals surface area contributed by atoms with Crippen LogP contribution in [0.2, 0.25) is 0 Å². The van der Waals surface area contributed by atoms with E-state index in [2.05, 4.69) is 10.5 Å². The van der Waals surface area contributed by atoms with Crippen LogP contribution in [-0.2, 0) is 15.8 Å². The zero-order valence-electron chi connectivity index (χ0n) is 12.4. The van der Waals surface area contributed by atoms with Crippen LogP contribution in [0.1, 0.15) is 37.1 Å². The van der Waals surface area contributed by atoms with Crippen molar-refractivity contribution in [3.63, 3.8) is 0 Å². The number of rotatable bonds is 6. The number of nitrogens with zero attached hydrogens (tertiary/aromatic N) is 2. The van der Waals surface area contributed by atoms with Gasteiger partial charge in [0.1, 0.15) is 17.2 Å². The molecule has 1 aliphatic heterocycles. The van der Waals surface area contributed by atoms with E-state index in [1.54, 1.807) is 17.3 Å². The first-order valence-electron chi connectivity index (χ1n) is 7.67. The van der Waals surface area contributed by atoms with Gasteiger partial charge in [0.2, 0.25) is 10.0 Å². The van der Waals surface area contributed by atoms with E-state index in [1.165, 1.54) is 0 Å². The minimum Gasteiger partial charge on any atom is -0.361 e. The third-order valence-corrected chi connectivity index (χ3v) is 5.98. The standard InChI is InChI=1S/C14H23N3O3S/c1-11-7-13(16-20-11)10-21(18,19)17(14-4-5-14)9-12-3-2-6-15-8-12/h7,12,14-15H,2-6,8-10H2,1H3. The Kier molecular flexibility index (Phi) is 4.33. The van der Waals surface area contributed by atoms with E-state index < -0.39 is 10.0 Å². The van der Waals surface area contributed by atoms with E-state index >= 15 is 0 Å². The molecule has 1 aromatic heterocycles. The zero-order chi connectivity index (χ0) is 14.9. The Balaban J connectivity index is 1.69. The summed E-state index contributed by atoms with van der Waals surface area (Å²) >= 11 is 0. The van der Waals surface area contributed by atoms with Gasteiger partial charge in [0.05, 0.1) is 0 Å². The van der Waals surface area contributed by atoms with Gasteiger partial charge in [0, 0.05) is 18.7 Å². The van der Waals surface area contributed by atoms with E-state index in [4.69, 9.17) is 4.52 Å². The van der Waals surface area contributed by atoms with Gasteiger partial charge < -0.3 is 9.84 Å². The number of sulfonamides is 1. The van der Waals surface area contributed by atoms with Crippen molar-refractivity contribution in [1.29, 1.82) is 0 Å². The predicted octanol–water partition coefficient (Wildman–Crippen LogP) is 1.28. The first kappa shape index (κ1) is 15.0. The molecule has 6 nitrogen and oxygen atoms in total. The molecule has 1 aliphatic carbocycles. The number of hydrogen-bond acceptors (Lipinski definition) is 5. The molecule has 2 aliphatic rings. The van der Waals surface area contributed by atoms with Crippen LogP contribution in [0, 0.1) is 12.8 Å². The second-order valence-electron chi connectivity index (χ2n) is 6.20. The maximum absolute atomic E-state index is 12.7. The van der Waals surface area contributed by atoms with Crippen molar-refractivity contribution >= 4 is 10.0 Å². The number of nitrogens with one attached hydrogen (secondary N) is 1. The average Bonchev–Trinajstić information content (AvgIpc) is 3.20. The van der Waals surface area contributed by atoms with Crippen LogP contribution in [0.5, 0.6) is 0 Å². The van der Waals surface area contributed by atoms with Crippen LogP contribution in [0.25, 0.3) is 0 Å². The third-order valence-electron chi connectivity index (χ3n) is 4.16. The monoisotopic (exact) mass is 313 g/mol. The third kappa shape index (κ3) is 3.84. The highest BCUT2D eigenvalue weighted by Gasteiger charge is 2.38. The molecule has 0 aromatic carbocycles. The van der Waals surface area contributed by atoms with Gasteiger partial charge in [-0.25, -0.2) is 8.42 Å². The molecular weight excluding hydrogens is 290 g/mol. The van der Waals surface area contributed by atoms with E-state index in [1.807, 2.05) is 0 Å². The summed E-state index contributed by atoms with van der Waals surface area (Å²) in [6.45, 7) is 4.37. The Hall–Kier alpha value is -0.920. The summed E-state index contributed by atoms with van der Waals surface area (Å²) in [5.41, 5.74) is 0.500. The molecule has 1 unspecified atom stereocenters. The summed E-state index contributed by atoms with van der Waals surface area (Å²) in [6.07, 6.45) is 4.20. The maximum atomic E-state index is 12.7. The van der Waals surface area contributed by atoms with Gasteiger partial charge in [-0.05, 0) is 51.6 Å². The molecule has 2 heterocycles. The minimum absolute atomic E-state index is 0.0546. The van der Waals surface area contributed by atoms with Crippen molar-refractivity contribution in [2.45, 2.75) is 44.4 Å². The molecule has 0 bridgehead atoms. The highest BCUT2D eigenvalue weighted by Crippen LogP contribution is 2.32. The van der Waals surface area contributed by atoms with Gasteiger partial charge in [0.15, 0.2) is 0 Å². The summed E-state index contributed by atoms with van der Waals surface area (Å²) in [5, 5.41) is 7.17. The second kappa shape index (κ2) is 6.06. The molecule has 118 valence electrons. The Labute approximate surface area is 125 Å². The van der Waals surface area contributed by atoms with Crippen LogP contribution in [-0.4, -0.2) is 43.6 Å². The summed E-state index contributed by atoms with van der Waals surface area (Å²) in [4.78, 5) is 0. The first-order valence-corrected chi connectivity index (χ1v) is 9.28. The van der Waals surface area contributed by atoms with Crippen molar-refractivity contribution in [1.82, 2.24) is 14.8 Å². The first-order chi connectivity index (χ1) is 10.0. The Morgan fingerprint density at radius 3 is 2.81 bits per heavy atom. The quantitative estimate of drug-likeness (QED) is 0.856. The van der Waals surface area contributed by atoms with Crippen LogP contribution in [0.4, 0.5) is 0 Å². The fourth-order valence-electron chi connectivity index (χ4n) is 2.94. The fraction of sp³-hybridized carbons (Fsp3) is 0.786. The molecule has 2 fully saturated rings. The van der Waals surface area contributed by atoms with Gasteiger partial charge in [0.25, 0.3) is 0 Å². The summed E-state index contributed by atoms with van der Waals surface area (Å²) in [7, 11) is -3.32. The summed E-state index contributed by atoms with van der Waals surface area (Å²) < 4.78 is 32.1. The molecule has 21 heavy (non-hydrogen) atoms. The lowest BCUT2D eigenvalue weighted by Gasteiger charge is -2.29. The van der Waals surface area contributed by atoms with E-state index in [9.17, 15) is 8.42 Å². The van der Waals surface area contributed by atoms with Crippen LogP contribution in [0.3, 0.4) is 0 Å². The lowest BCUT2D eigenvalue weighted by molar-refractivity contribution is 0.286. The van der Waals surface area contributed by atoms with Gasteiger partial charge >= 0.3 is 0 Å². The Morgan fingerprint density at radius 2 is 2.24 bits per heavy atom. The van der Waals surface area contributed by atoms with Crippen molar-refractivity contribution in [3.8, 4) is 0 Å². The SMILES string of the molecule is Cc1cc(CS(=O)(=O)N(CC2CCCNC2)C2CC2)no1. The van der Waals surface area contributed by atoms with E-state index in [-0.39, 0.29) is 11.8 Å². The van der Waals surface area contributed by atoms with E-state index in [0.29, 0.717) is 23.9 Å². The smallest absolute Gasteiger partial charge is 0.220 e. The largest absolute Gasteiger partial charge is 0.361 e. The van der Waals surface area contributed by atoms with E-state index in [0.717, 1.165) is 38.8 Å². The molecule has 0 amide bonds. The van der Waals surface area contributed by atoms with Crippen molar-refractivity contribution < 1.29 is 12.9 Å². The molecule has 0 spiro atoms. The molecule has 1 aromatic rings. The highest BCUT2D eigenvalue weighted by atomic mass is 32.2. The van der Waals surface area contributed by atoms with Crippen molar-refractivity contribution in [3.05, 3.63) is 17.5 Å². The summed E-state index contributed by atoms with van der Waals surface area (Å²) in [5.74, 6) is 1.02. The predicted molar refractivity (Wildman–Crippen MR) is 79.2 cm³/mol. The maximum Gasteiger partial charge on any atom is 0.220 e. The molecule has 3 rings (SSSR count). The number of aryl methyl sites for hydroxylation is 1. The molecule has 1 saturated heterocycles. The lowest BCUT2D eigenvalue weighted by Crippen LogP contribution is -2.42. The molecule has 1 N–H and O–H groups in total. The molecule has 7 heteroatoms. The van der Waals surface area contributed by atoms with Crippen LogP contribution in [0.15, 0.2) is 10.6 Å². The van der Waals surface area contributed by atoms with Gasteiger partial charge in [-0.1, -0.05) is 5.16 Å². The fourth-order valence-corrected chi connectivity index (χ4v) is 4.72. The van der Waals surface area contributed by atoms with Crippen molar-refractivity contribution in [2.75, 3.05) is 19.6 Å². The van der Waals surface area contributed by atoms with Crippen molar-refractivity contribution in [2.24, 2.45) is 5.92 Å². The minimum atomic E-state index is -3.32. The Morgan fingerprint density at radius 1 is 1.43 bits per heavy atom. The molecule has 1 atom stereocenters. The number of aromatic nitrogens is 1. The normalized spacial score (nSPS) is 23.6. The Bertz CT molecular complexity index is 574. The van der Waals surface area contributed by atoms with Gasteiger partial charge in [-0.3, -0.25) is 0 Å². The van der Waals surface area contributed by atoms with Gasteiger partial charge in [-0.2, -0.15) is 4.31 Å². The molecule has 1 saturated carbocycles. The average molecular weight is 313 g/mol. The second-order valence-corrected chi connectivity index (χ2v) is 8.12. The highest BCUT2D eigenvalue weighted by molar-refractivity contribution is 7.88. The topological polar surface area (TPSA) is 75.4 Å². The lowest BCUT2D eigenvalue weighted by atomic mass is 10.00. The molecule has 0 radical (unpaired) electrons. The molecular formula is C14H23N3O3S. The zero-order valence-corrected chi connectivity index (χ0v) is 13.2. The number of hydrogen-bond donors (Lipinski definition) is 1.